The Morgan fingerprint density at radius 1 is 1.38 bits per heavy atom. The third kappa shape index (κ3) is 3.24. The van der Waals surface area contributed by atoms with E-state index in [0.29, 0.717) is 0 Å². The van der Waals surface area contributed by atoms with E-state index in [4.69, 9.17) is 4.74 Å². The van der Waals surface area contributed by atoms with Crippen LogP contribution < -0.4 is 10.1 Å². The quantitative estimate of drug-likeness (QED) is 0.742. The van der Waals surface area contributed by atoms with Crippen LogP contribution in [-0.4, -0.2) is 20.2 Å². The molecule has 1 fully saturated rings. The highest BCUT2D eigenvalue weighted by Crippen LogP contribution is 2.27. The van der Waals surface area contributed by atoms with Crippen molar-refractivity contribution in [2.75, 3.05) is 20.2 Å². The van der Waals surface area contributed by atoms with Gasteiger partial charge in [-0.1, -0.05) is 17.7 Å². The van der Waals surface area contributed by atoms with Crippen LogP contribution in [0.4, 0.5) is 0 Å². The zero-order chi connectivity index (χ0) is 11.4. The van der Waals surface area contributed by atoms with Crippen molar-refractivity contribution in [3.63, 3.8) is 0 Å². The van der Waals surface area contributed by atoms with Gasteiger partial charge in [-0.25, -0.2) is 0 Å². The highest BCUT2D eigenvalue weighted by atomic mass is 16.5. The molecule has 1 saturated carbocycles. The Labute approximate surface area is 98.0 Å². The third-order valence-corrected chi connectivity index (χ3v) is 3.14. The van der Waals surface area contributed by atoms with Crippen LogP contribution in [0, 0.1) is 12.8 Å². The van der Waals surface area contributed by atoms with E-state index in [9.17, 15) is 0 Å². The fraction of sp³-hybridized carbons (Fsp3) is 0.571. The van der Waals surface area contributed by atoms with Crippen molar-refractivity contribution >= 4 is 0 Å². The predicted molar refractivity (Wildman–Crippen MR) is 67.0 cm³/mol. The van der Waals surface area contributed by atoms with E-state index in [0.717, 1.165) is 24.6 Å². The number of hydrogen-bond donors (Lipinski definition) is 1. The smallest absolute Gasteiger partial charge is 0.122 e. The Hall–Kier alpha value is -1.02. The van der Waals surface area contributed by atoms with Gasteiger partial charge in [0.15, 0.2) is 0 Å². The van der Waals surface area contributed by atoms with Crippen molar-refractivity contribution in [2.45, 2.75) is 26.2 Å². The van der Waals surface area contributed by atoms with E-state index < -0.39 is 0 Å². The summed E-state index contributed by atoms with van der Waals surface area (Å²) in [6.07, 6.45) is 3.89. The molecule has 16 heavy (non-hydrogen) atoms. The zero-order valence-electron chi connectivity index (χ0n) is 10.3. The normalized spacial score (nSPS) is 15.1. The molecule has 0 aliphatic heterocycles. The SMILES string of the molecule is COc1ccc(C)cc1CCNCC1CC1. The molecule has 0 saturated heterocycles. The molecular formula is C14H21NO. The molecule has 1 aliphatic rings. The highest BCUT2D eigenvalue weighted by molar-refractivity contribution is 5.37. The molecule has 0 aromatic heterocycles. The van der Waals surface area contributed by atoms with Crippen LogP contribution in [-0.2, 0) is 6.42 Å². The number of aryl methyl sites for hydroxylation is 1. The summed E-state index contributed by atoms with van der Waals surface area (Å²) in [4.78, 5) is 0. The van der Waals surface area contributed by atoms with Gasteiger partial charge in [0.25, 0.3) is 0 Å². The minimum atomic E-state index is 0.958. The lowest BCUT2D eigenvalue weighted by atomic mass is 10.1. The number of methoxy groups -OCH3 is 1. The number of nitrogens with one attached hydrogen (secondary N) is 1. The molecule has 1 aromatic rings. The van der Waals surface area contributed by atoms with Crippen molar-refractivity contribution in [1.29, 1.82) is 0 Å². The minimum Gasteiger partial charge on any atom is -0.496 e. The largest absolute Gasteiger partial charge is 0.496 e. The summed E-state index contributed by atoms with van der Waals surface area (Å²) in [5.74, 6) is 1.97. The van der Waals surface area contributed by atoms with Crippen molar-refractivity contribution < 1.29 is 4.74 Å². The van der Waals surface area contributed by atoms with Crippen LogP contribution in [0.3, 0.4) is 0 Å². The maximum atomic E-state index is 5.36. The second-order valence-corrected chi connectivity index (χ2v) is 4.71. The molecular weight excluding hydrogens is 198 g/mol. The first-order valence-electron chi connectivity index (χ1n) is 6.14. The molecule has 2 nitrogen and oxygen atoms in total. The van der Waals surface area contributed by atoms with Gasteiger partial charge in [0.2, 0.25) is 0 Å². The maximum Gasteiger partial charge on any atom is 0.122 e. The average Bonchev–Trinajstić information content (AvgIpc) is 3.08. The van der Waals surface area contributed by atoms with Crippen molar-refractivity contribution in [2.24, 2.45) is 5.92 Å². The standard InChI is InChI=1S/C14H21NO/c1-11-3-6-14(16-2)13(9-11)7-8-15-10-12-4-5-12/h3,6,9,12,15H,4-5,7-8,10H2,1-2H3. The summed E-state index contributed by atoms with van der Waals surface area (Å²) in [6, 6.07) is 6.38. The van der Waals surface area contributed by atoms with E-state index in [1.54, 1.807) is 7.11 Å². The molecule has 0 atom stereocenters. The zero-order valence-corrected chi connectivity index (χ0v) is 10.3. The summed E-state index contributed by atoms with van der Waals surface area (Å²) >= 11 is 0. The molecule has 0 amide bonds. The lowest BCUT2D eigenvalue weighted by molar-refractivity contribution is 0.409. The highest BCUT2D eigenvalue weighted by Gasteiger charge is 2.19. The molecule has 1 aliphatic carbocycles. The van der Waals surface area contributed by atoms with Crippen molar-refractivity contribution in [3.05, 3.63) is 29.3 Å². The monoisotopic (exact) mass is 219 g/mol. The Bertz CT molecular complexity index is 345. The molecule has 0 heterocycles. The van der Waals surface area contributed by atoms with Crippen LogP contribution in [0.1, 0.15) is 24.0 Å². The summed E-state index contributed by atoms with van der Waals surface area (Å²) in [5, 5.41) is 3.51. The van der Waals surface area contributed by atoms with Crippen LogP contribution in [0.15, 0.2) is 18.2 Å². The molecule has 0 unspecified atom stereocenters. The van der Waals surface area contributed by atoms with Gasteiger partial charge in [-0.3, -0.25) is 0 Å². The number of benzene rings is 1. The fourth-order valence-electron chi connectivity index (χ4n) is 1.95. The molecule has 0 spiro atoms. The summed E-state index contributed by atoms with van der Waals surface area (Å²) < 4.78 is 5.36. The van der Waals surface area contributed by atoms with Crippen molar-refractivity contribution in [1.82, 2.24) is 5.32 Å². The third-order valence-electron chi connectivity index (χ3n) is 3.14. The van der Waals surface area contributed by atoms with Gasteiger partial charge in [-0.2, -0.15) is 0 Å². The number of hydrogen-bond acceptors (Lipinski definition) is 2. The number of rotatable bonds is 6. The Balaban J connectivity index is 1.83. The lowest BCUT2D eigenvalue weighted by Crippen LogP contribution is -2.20. The molecule has 0 bridgehead atoms. The number of ether oxygens (including phenoxy) is 1. The maximum absolute atomic E-state index is 5.36. The van der Waals surface area contributed by atoms with Crippen LogP contribution >= 0.6 is 0 Å². The first-order chi connectivity index (χ1) is 7.79. The topological polar surface area (TPSA) is 21.3 Å². The van der Waals surface area contributed by atoms with Gasteiger partial charge in [-0.05, 0) is 56.8 Å². The van der Waals surface area contributed by atoms with E-state index in [1.807, 2.05) is 0 Å². The molecule has 1 aromatic carbocycles. The second kappa shape index (κ2) is 5.35. The minimum absolute atomic E-state index is 0.958. The van der Waals surface area contributed by atoms with Crippen LogP contribution in [0.2, 0.25) is 0 Å². The second-order valence-electron chi connectivity index (χ2n) is 4.71. The van der Waals surface area contributed by atoms with Crippen LogP contribution in [0.25, 0.3) is 0 Å². The van der Waals surface area contributed by atoms with Gasteiger partial charge < -0.3 is 10.1 Å². The van der Waals surface area contributed by atoms with E-state index >= 15 is 0 Å². The van der Waals surface area contributed by atoms with E-state index in [-0.39, 0.29) is 0 Å². The summed E-state index contributed by atoms with van der Waals surface area (Å²) in [5.41, 5.74) is 2.61. The molecule has 0 radical (unpaired) electrons. The van der Waals surface area contributed by atoms with E-state index in [2.05, 4.69) is 30.4 Å². The first kappa shape index (κ1) is 11.5. The molecule has 1 N–H and O–H groups in total. The van der Waals surface area contributed by atoms with Crippen molar-refractivity contribution in [3.8, 4) is 5.75 Å². The predicted octanol–water partition coefficient (Wildman–Crippen LogP) is 2.55. The molecule has 2 heteroatoms. The molecule has 2 rings (SSSR count). The Kier molecular flexibility index (Phi) is 3.83. The Morgan fingerprint density at radius 3 is 2.88 bits per heavy atom. The van der Waals surface area contributed by atoms with Gasteiger partial charge >= 0.3 is 0 Å². The Morgan fingerprint density at radius 2 is 2.19 bits per heavy atom. The summed E-state index contributed by atoms with van der Waals surface area (Å²) in [7, 11) is 1.74. The summed E-state index contributed by atoms with van der Waals surface area (Å²) in [6.45, 7) is 4.37. The van der Waals surface area contributed by atoms with Gasteiger partial charge in [0.1, 0.15) is 5.75 Å². The van der Waals surface area contributed by atoms with Gasteiger partial charge in [-0.15, -0.1) is 0 Å². The van der Waals surface area contributed by atoms with Crippen LogP contribution in [0.5, 0.6) is 5.75 Å². The fourth-order valence-corrected chi connectivity index (χ4v) is 1.95. The van der Waals surface area contributed by atoms with Gasteiger partial charge in [0, 0.05) is 0 Å². The lowest BCUT2D eigenvalue weighted by Gasteiger charge is -2.10. The molecule has 88 valence electrons. The average molecular weight is 219 g/mol. The first-order valence-corrected chi connectivity index (χ1v) is 6.14. The van der Waals surface area contributed by atoms with E-state index in [1.165, 1.54) is 30.5 Å². The van der Waals surface area contributed by atoms with Gasteiger partial charge in [0.05, 0.1) is 7.11 Å².